The lowest BCUT2D eigenvalue weighted by molar-refractivity contribution is -0.131. The van der Waals surface area contributed by atoms with E-state index < -0.39 is 57.3 Å². The third-order valence-corrected chi connectivity index (χ3v) is 8.57. The molecule has 3 aromatic heterocycles. The van der Waals surface area contributed by atoms with Crippen LogP contribution in [0.1, 0.15) is 37.7 Å². The maximum absolute atomic E-state index is 12.3. The van der Waals surface area contributed by atoms with Gasteiger partial charge in [-0.25, -0.2) is 4.68 Å². The molecule has 1 aliphatic heterocycles. The molecule has 5 rings (SSSR count). The summed E-state index contributed by atoms with van der Waals surface area (Å²) in [6, 6.07) is 0.228. The van der Waals surface area contributed by atoms with E-state index >= 15 is 0 Å². The van der Waals surface area contributed by atoms with E-state index in [1.165, 1.54) is 10.9 Å². The van der Waals surface area contributed by atoms with E-state index in [0.717, 1.165) is 25.7 Å². The average Bonchev–Trinajstić information content (AvgIpc) is 3.71. The number of hydrogen-bond acceptors (Lipinski definition) is 14. The Bertz CT molecular complexity index is 1340. The molecule has 4 heterocycles. The number of fused-ring (bicyclic) bond motifs is 1. The fourth-order valence-corrected chi connectivity index (χ4v) is 5.55. The highest BCUT2D eigenvalue weighted by molar-refractivity contribution is 7.53. The number of nitrogens with zero attached hydrogens (tertiary/aromatic N) is 7. The summed E-state index contributed by atoms with van der Waals surface area (Å²) in [6.45, 7) is -2.80. The van der Waals surface area contributed by atoms with Gasteiger partial charge in [0.1, 0.15) is 30.7 Å². The number of aromatic amines is 1. The van der Waals surface area contributed by atoms with E-state index in [1.807, 2.05) is 0 Å². The quantitative estimate of drug-likeness (QED) is 0.0971. The first-order valence-electron chi connectivity index (χ1n) is 12.4. The third-order valence-electron chi connectivity index (χ3n) is 6.94. The molecule has 1 aliphatic carbocycles. The molecular weight excluding hydrogens is 577 g/mol. The standard InChI is InChI=1S/C20H29ClN9O9P/c21-19-24-16(23-10-3-1-2-4-10)11-5-22-30(17(11)25-19)18-15(33)14(32)12(39-18)6-38-20(8-31,40(34,35)36)9-37-7-13-26-28-29-27-13/h5,10,12,14-15,18,31-33H,1-4,6-9H2,(H,23,24,25)(H2,34,35,36)(H,26,27,28,29)/t12-,14?,15+,18-,20+/m1/s1. The number of H-pyrrole nitrogens is 1. The third kappa shape index (κ3) is 5.82. The number of hydrogen-bond donors (Lipinski definition) is 7. The second-order valence-electron chi connectivity index (χ2n) is 9.62. The van der Waals surface area contributed by atoms with Crippen LogP contribution in [0.15, 0.2) is 6.20 Å². The molecule has 7 N–H and O–H groups in total. The minimum Gasteiger partial charge on any atom is -0.393 e. The molecule has 3 aromatic rings. The Balaban J connectivity index is 1.31. The largest absolute Gasteiger partial charge is 0.393 e. The Kier molecular flexibility index (Phi) is 8.63. The maximum atomic E-state index is 12.3. The molecule has 1 unspecified atom stereocenters. The van der Waals surface area contributed by atoms with Crippen molar-refractivity contribution in [2.45, 2.75) is 68.2 Å². The fraction of sp³-hybridized carbons (Fsp3) is 0.700. The van der Waals surface area contributed by atoms with Gasteiger partial charge in [-0.05, 0) is 24.4 Å². The monoisotopic (exact) mass is 605 g/mol. The van der Waals surface area contributed by atoms with Gasteiger partial charge in [0.2, 0.25) is 10.6 Å². The molecule has 0 radical (unpaired) electrons. The number of nitrogens with one attached hydrogen (secondary N) is 2. The smallest absolute Gasteiger partial charge is 0.361 e. The Morgan fingerprint density at radius 2 is 2.02 bits per heavy atom. The second kappa shape index (κ2) is 11.8. The Morgan fingerprint density at radius 1 is 1.25 bits per heavy atom. The summed E-state index contributed by atoms with van der Waals surface area (Å²) in [5.41, 5.74) is 0.244. The van der Waals surface area contributed by atoms with Crippen LogP contribution in [-0.2, 0) is 25.4 Å². The highest BCUT2D eigenvalue weighted by atomic mass is 35.5. The van der Waals surface area contributed by atoms with Crippen molar-refractivity contribution >= 4 is 36.0 Å². The SMILES string of the molecule is O=P(O)(O)[C@@](CO)(COCc1nn[nH]n1)OC[C@H]1O[C@@H](n2ncc3c(NC4CCCC4)nc(Cl)nc32)[C@@H](O)C1O. The number of halogens is 1. The summed E-state index contributed by atoms with van der Waals surface area (Å²) < 4.78 is 30.1. The Labute approximate surface area is 231 Å². The Morgan fingerprint density at radius 3 is 2.70 bits per heavy atom. The molecule has 40 heavy (non-hydrogen) atoms. The first-order chi connectivity index (χ1) is 19.1. The molecule has 1 saturated heterocycles. The molecule has 220 valence electrons. The lowest BCUT2D eigenvalue weighted by Crippen LogP contribution is -2.45. The molecule has 20 heteroatoms. The maximum Gasteiger partial charge on any atom is 0.361 e. The lowest BCUT2D eigenvalue weighted by Gasteiger charge is -2.33. The molecule has 0 amide bonds. The van der Waals surface area contributed by atoms with Crippen molar-refractivity contribution in [3.63, 3.8) is 0 Å². The van der Waals surface area contributed by atoms with Gasteiger partial charge in [0.05, 0.1) is 31.4 Å². The molecule has 0 spiro atoms. The number of tetrazole rings is 1. The van der Waals surface area contributed by atoms with Gasteiger partial charge in [-0.15, -0.1) is 10.2 Å². The van der Waals surface area contributed by atoms with Crippen molar-refractivity contribution in [1.29, 1.82) is 0 Å². The first kappa shape index (κ1) is 29.1. The predicted octanol–water partition coefficient (Wildman–Crippen LogP) is -0.934. The molecular formula is C20H29ClN9O9P. The van der Waals surface area contributed by atoms with E-state index in [4.69, 9.17) is 25.8 Å². The number of anilines is 1. The molecule has 0 bridgehead atoms. The summed E-state index contributed by atoms with van der Waals surface area (Å²) in [5, 5.41) is 49.8. The van der Waals surface area contributed by atoms with Crippen LogP contribution >= 0.6 is 19.2 Å². The van der Waals surface area contributed by atoms with Crippen LogP contribution in [0.5, 0.6) is 0 Å². The number of aliphatic hydroxyl groups is 3. The van der Waals surface area contributed by atoms with E-state index in [2.05, 4.69) is 41.0 Å². The normalized spacial score (nSPS) is 25.6. The van der Waals surface area contributed by atoms with Gasteiger partial charge < -0.3 is 44.6 Å². The predicted molar refractivity (Wildman–Crippen MR) is 134 cm³/mol. The highest BCUT2D eigenvalue weighted by Crippen LogP contribution is 2.51. The van der Waals surface area contributed by atoms with Crippen molar-refractivity contribution in [2.24, 2.45) is 0 Å². The minimum atomic E-state index is -5.14. The highest BCUT2D eigenvalue weighted by Gasteiger charge is 2.51. The van der Waals surface area contributed by atoms with Crippen LogP contribution in [-0.4, -0.2) is 115 Å². The number of aliphatic hydroxyl groups excluding tert-OH is 3. The van der Waals surface area contributed by atoms with Crippen LogP contribution in [0.3, 0.4) is 0 Å². The first-order valence-corrected chi connectivity index (χ1v) is 14.4. The summed E-state index contributed by atoms with van der Waals surface area (Å²) in [6.07, 6.45) is 0.0711. The summed E-state index contributed by atoms with van der Waals surface area (Å²) >= 11 is 6.17. The molecule has 2 aliphatic rings. The van der Waals surface area contributed by atoms with Gasteiger partial charge in [0, 0.05) is 6.04 Å². The van der Waals surface area contributed by atoms with Crippen LogP contribution in [0, 0.1) is 0 Å². The van der Waals surface area contributed by atoms with Gasteiger partial charge in [-0.1, -0.05) is 18.1 Å². The van der Waals surface area contributed by atoms with E-state index in [9.17, 15) is 29.7 Å². The van der Waals surface area contributed by atoms with Crippen molar-refractivity contribution in [2.75, 3.05) is 25.1 Å². The topological polar surface area (TPSA) is 256 Å². The lowest BCUT2D eigenvalue weighted by atomic mass is 10.1. The zero-order valence-electron chi connectivity index (χ0n) is 20.9. The molecule has 0 aromatic carbocycles. The average molecular weight is 606 g/mol. The molecule has 5 atom stereocenters. The summed E-state index contributed by atoms with van der Waals surface area (Å²) in [4.78, 5) is 28.4. The van der Waals surface area contributed by atoms with Crippen molar-refractivity contribution in [1.82, 2.24) is 40.4 Å². The van der Waals surface area contributed by atoms with E-state index in [-0.39, 0.29) is 29.4 Å². The minimum absolute atomic E-state index is 0.0575. The zero-order chi connectivity index (χ0) is 28.5. The molecule has 18 nitrogen and oxygen atoms in total. The van der Waals surface area contributed by atoms with Gasteiger partial charge in [0.15, 0.2) is 17.7 Å². The number of aromatic nitrogens is 8. The van der Waals surface area contributed by atoms with Crippen LogP contribution in [0.4, 0.5) is 5.82 Å². The van der Waals surface area contributed by atoms with Crippen molar-refractivity contribution < 1.29 is 43.9 Å². The van der Waals surface area contributed by atoms with E-state index in [0.29, 0.717) is 11.2 Å². The van der Waals surface area contributed by atoms with Gasteiger partial charge in [-0.3, -0.25) is 4.57 Å². The summed E-state index contributed by atoms with van der Waals surface area (Å²) in [7, 11) is -5.14. The number of ether oxygens (including phenoxy) is 3. The van der Waals surface area contributed by atoms with Gasteiger partial charge in [0.25, 0.3) is 0 Å². The van der Waals surface area contributed by atoms with Crippen LogP contribution in [0.25, 0.3) is 11.0 Å². The summed E-state index contributed by atoms with van der Waals surface area (Å²) in [5.74, 6) is 0.589. The zero-order valence-corrected chi connectivity index (χ0v) is 22.6. The van der Waals surface area contributed by atoms with Crippen LogP contribution < -0.4 is 5.32 Å². The van der Waals surface area contributed by atoms with Crippen molar-refractivity contribution in [3.8, 4) is 0 Å². The van der Waals surface area contributed by atoms with Crippen molar-refractivity contribution in [3.05, 3.63) is 17.3 Å². The molecule has 1 saturated carbocycles. The fourth-order valence-electron chi connectivity index (χ4n) is 4.70. The second-order valence-corrected chi connectivity index (χ2v) is 11.9. The van der Waals surface area contributed by atoms with E-state index in [1.54, 1.807) is 0 Å². The van der Waals surface area contributed by atoms with Gasteiger partial charge in [-0.2, -0.15) is 20.3 Å². The number of rotatable bonds is 12. The van der Waals surface area contributed by atoms with Gasteiger partial charge >= 0.3 is 7.60 Å². The Hall–Kier alpha value is -2.38. The van der Waals surface area contributed by atoms with Crippen LogP contribution in [0.2, 0.25) is 5.28 Å². The molecule has 2 fully saturated rings.